The third-order valence-corrected chi connectivity index (χ3v) is 9.89. The summed E-state index contributed by atoms with van der Waals surface area (Å²) in [7, 11) is 0. The van der Waals surface area contributed by atoms with Gasteiger partial charge >= 0.3 is 0 Å². The molecule has 2 aromatic heterocycles. The lowest BCUT2D eigenvalue weighted by Crippen LogP contribution is -2.50. The van der Waals surface area contributed by atoms with Gasteiger partial charge in [-0.15, -0.1) is 0 Å². The Kier molecular flexibility index (Phi) is 4.02. The Hall–Kier alpha value is -2.35. The van der Waals surface area contributed by atoms with Crippen LogP contribution in [0.5, 0.6) is 0 Å². The molecular weight excluding hydrogens is 412 g/mol. The second-order valence-corrected chi connectivity index (χ2v) is 12.7. The fourth-order valence-electron chi connectivity index (χ4n) is 6.99. The van der Waals surface area contributed by atoms with E-state index in [1.165, 1.54) is 33.5 Å². The Morgan fingerprint density at radius 2 is 1.56 bits per heavy atom. The standard InChI is InChI=1S/C32H43N2/c1-18(2)22-14-13-15-23-25-20(5)16-17-24-27(25)34-28(31(9,10)32(11,12)30(24,7)8)21(6)33(19(3)4)29(34)26(22)23/h13-19H,1-12H3/q+1/i5D3. The van der Waals surface area contributed by atoms with Gasteiger partial charge < -0.3 is 0 Å². The van der Waals surface area contributed by atoms with Gasteiger partial charge in [-0.05, 0) is 48.6 Å². The van der Waals surface area contributed by atoms with Gasteiger partial charge in [0, 0.05) is 32.8 Å². The lowest BCUT2D eigenvalue weighted by Gasteiger charge is -2.50. The molecular formula is C32H43N2+. The van der Waals surface area contributed by atoms with E-state index in [9.17, 15) is 0 Å². The molecule has 2 heteroatoms. The zero-order valence-electron chi connectivity index (χ0n) is 25.9. The van der Waals surface area contributed by atoms with Crippen molar-refractivity contribution in [2.24, 2.45) is 5.41 Å². The molecule has 0 amide bonds. The first-order chi connectivity index (χ1) is 16.9. The minimum atomic E-state index is -2.22. The second-order valence-electron chi connectivity index (χ2n) is 12.7. The normalized spacial score (nSPS) is 20.3. The quantitative estimate of drug-likeness (QED) is 0.210. The third-order valence-electron chi connectivity index (χ3n) is 9.89. The zero-order chi connectivity index (χ0) is 27.6. The minimum Gasteiger partial charge on any atom is -0.225 e. The minimum absolute atomic E-state index is 0.131. The van der Waals surface area contributed by atoms with Crippen LogP contribution in [0, 0.1) is 19.2 Å². The molecule has 0 saturated carbocycles. The van der Waals surface area contributed by atoms with Gasteiger partial charge in [0.2, 0.25) is 0 Å². The average Bonchev–Trinajstić information content (AvgIpc) is 3.08. The van der Waals surface area contributed by atoms with Gasteiger partial charge in [-0.25, -0.2) is 4.57 Å². The Bertz CT molecular complexity index is 1590. The Morgan fingerprint density at radius 3 is 2.15 bits per heavy atom. The molecule has 0 saturated heterocycles. The smallest absolute Gasteiger partial charge is 0.225 e. The maximum absolute atomic E-state index is 8.56. The van der Waals surface area contributed by atoms with Gasteiger partial charge in [0.1, 0.15) is 11.2 Å². The number of aromatic nitrogens is 2. The van der Waals surface area contributed by atoms with Crippen molar-refractivity contribution in [3.8, 4) is 0 Å². The second kappa shape index (κ2) is 6.86. The van der Waals surface area contributed by atoms with Gasteiger partial charge in [0.15, 0.2) is 5.69 Å². The molecule has 0 unspecified atom stereocenters. The van der Waals surface area contributed by atoms with Crippen LogP contribution in [-0.4, -0.2) is 4.57 Å². The molecule has 0 radical (unpaired) electrons. The van der Waals surface area contributed by atoms with E-state index in [2.05, 4.69) is 109 Å². The summed E-state index contributed by atoms with van der Waals surface area (Å²) in [6.07, 6.45) is 0. The van der Waals surface area contributed by atoms with Gasteiger partial charge in [-0.3, -0.25) is 0 Å². The SMILES string of the molecule is [2H]C([2H])([2H])c1ccc2c3c1c1cccc(C(C)C)c1c1n(C(C)C)c(C)c([n+]31)C(C)(C)C(C)(C)C2(C)C. The van der Waals surface area contributed by atoms with Crippen LogP contribution < -0.4 is 4.40 Å². The van der Waals surface area contributed by atoms with Crippen LogP contribution in [0.3, 0.4) is 0 Å². The number of nitrogens with zero attached hydrogens (tertiary/aromatic N) is 2. The zero-order valence-corrected chi connectivity index (χ0v) is 22.9. The molecule has 0 N–H and O–H groups in total. The van der Waals surface area contributed by atoms with E-state index in [0.29, 0.717) is 11.5 Å². The number of rotatable bonds is 2. The third kappa shape index (κ3) is 2.50. The van der Waals surface area contributed by atoms with Crippen LogP contribution in [0.2, 0.25) is 0 Å². The molecule has 0 atom stereocenters. The maximum atomic E-state index is 8.56. The molecule has 0 fully saturated rings. The van der Waals surface area contributed by atoms with Crippen molar-refractivity contribution in [2.75, 3.05) is 0 Å². The molecule has 180 valence electrons. The van der Waals surface area contributed by atoms with Crippen LogP contribution in [0.15, 0.2) is 30.3 Å². The first kappa shape index (κ1) is 19.9. The van der Waals surface area contributed by atoms with Crippen LogP contribution in [0.4, 0.5) is 0 Å². The summed E-state index contributed by atoms with van der Waals surface area (Å²) in [5, 5.41) is 3.12. The molecule has 1 aliphatic heterocycles. The molecule has 5 rings (SSSR count). The van der Waals surface area contributed by atoms with Crippen LogP contribution in [0.25, 0.3) is 27.3 Å². The van der Waals surface area contributed by atoms with Crippen LogP contribution in [-0.2, 0) is 10.8 Å². The van der Waals surface area contributed by atoms with Crippen molar-refractivity contribution in [2.45, 2.75) is 106 Å². The highest BCUT2D eigenvalue weighted by Gasteiger charge is 2.57. The highest BCUT2D eigenvalue weighted by molar-refractivity contribution is 6.12. The number of hydrogen-bond donors (Lipinski definition) is 0. The van der Waals surface area contributed by atoms with E-state index < -0.39 is 6.85 Å². The molecule has 0 aliphatic carbocycles. The molecule has 34 heavy (non-hydrogen) atoms. The Morgan fingerprint density at radius 1 is 0.882 bits per heavy atom. The van der Waals surface area contributed by atoms with E-state index in [1.807, 2.05) is 6.07 Å². The molecule has 3 heterocycles. The molecule has 4 aromatic rings. The largest absolute Gasteiger partial charge is 0.295 e. The summed E-state index contributed by atoms with van der Waals surface area (Å²) in [5.74, 6) is 0.301. The molecule has 2 nitrogen and oxygen atoms in total. The van der Waals surface area contributed by atoms with Gasteiger partial charge in [-0.1, -0.05) is 85.7 Å². The topological polar surface area (TPSA) is 9.03 Å². The highest BCUT2D eigenvalue weighted by atomic mass is 15.2. The lowest BCUT2D eigenvalue weighted by atomic mass is 9.52. The van der Waals surface area contributed by atoms with Gasteiger partial charge in [0.05, 0.1) is 11.4 Å². The predicted octanol–water partition coefficient (Wildman–Crippen LogP) is 8.45. The number of benzene rings is 2. The lowest BCUT2D eigenvalue weighted by molar-refractivity contribution is -0.496. The first-order valence-corrected chi connectivity index (χ1v) is 12.9. The van der Waals surface area contributed by atoms with E-state index in [1.54, 1.807) is 0 Å². The number of pyridine rings is 1. The van der Waals surface area contributed by atoms with Crippen molar-refractivity contribution in [3.05, 3.63) is 58.4 Å². The maximum Gasteiger partial charge on any atom is 0.295 e. The number of hydrogen-bond acceptors (Lipinski definition) is 0. The van der Waals surface area contributed by atoms with E-state index in [4.69, 9.17) is 4.11 Å². The van der Waals surface area contributed by atoms with Gasteiger partial charge in [0.25, 0.3) is 5.65 Å². The average molecular weight is 459 g/mol. The number of aryl methyl sites for hydroxylation is 1. The number of fused-ring (bicyclic) bond motifs is 3. The fraction of sp³-hybridized carbons (Fsp3) is 0.531. The predicted molar refractivity (Wildman–Crippen MR) is 146 cm³/mol. The van der Waals surface area contributed by atoms with Crippen LogP contribution >= 0.6 is 0 Å². The fourth-order valence-corrected chi connectivity index (χ4v) is 6.99. The summed E-state index contributed by atoms with van der Waals surface area (Å²) >= 11 is 0. The monoisotopic (exact) mass is 458 g/mol. The first-order valence-electron chi connectivity index (χ1n) is 14.4. The molecule has 0 bridgehead atoms. The Balaban J connectivity index is 2.32. The Labute approximate surface area is 210 Å². The van der Waals surface area contributed by atoms with Crippen molar-refractivity contribution in [3.63, 3.8) is 0 Å². The van der Waals surface area contributed by atoms with Crippen LogP contribution in [0.1, 0.15) is 113 Å². The van der Waals surface area contributed by atoms with Crippen molar-refractivity contribution >= 4 is 27.3 Å². The summed E-state index contributed by atoms with van der Waals surface area (Å²) in [4.78, 5) is 0. The van der Waals surface area contributed by atoms with Crippen molar-refractivity contribution < 1.29 is 8.51 Å². The summed E-state index contributed by atoms with van der Waals surface area (Å²) in [6, 6.07) is 10.7. The molecule has 1 aliphatic rings. The van der Waals surface area contributed by atoms with E-state index in [-0.39, 0.29) is 22.3 Å². The van der Waals surface area contributed by atoms with Crippen molar-refractivity contribution in [1.29, 1.82) is 0 Å². The van der Waals surface area contributed by atoms with E-state index >= 15 is 0 Å². The van der Waals surface area contributed by atoms with E-state index in [0.717, 1.165) is 16.3 Å². The highest BCUT2D eigenvalue weighted by Crippen LogP contribution is 2.57. The summed E-state index contributed by atoms with van der Waals surface area (Å²) in [6.45, 7) is 23.3. The summed E-state index contributed by atoms with van der Waals surface area (Å²) in [5.41, 5.74) is 7.21. The number of imidazole rings is 1. The summed E-state index contributed by atoms with van der Waals surface area (Å²) < 4.78 is 30.7. The van der Waals surface area contributed by atoms with Crippen molar-refractivity contribution in [1.82, 2.24) is 4.57 Å². The molecule has 2 aromatic carbocycles. The molecule has 0 spiro atoms. The van der Waals surface area contributed by atoms with Gasteiger partial charge in [-0.2, -0.15) is 4.40 Å².